The number of anilines is 1. The fourth-order valence-corrected chi connectivity index (χ4v) is 4.22. The van der Waals surface area contributed by atoms with Crippen molar-refractivity contribution in [3.8, 4) is 5.75 Å². The number of nitrogens with zero attached hydrogens (tertiary/aromatic N) is 2. The van der Waals surface area contributed by atoms with Gasteiger partial charge in [0.25, 0.3) is 0 Å². The fourth-order valence-electron chi connectivity index (χ4n) is 2.21. The van der Waals surface area contributed by atoms with Crippen molar-refractivity contribution in [1.82, 2.24) is 10.2 Å². The van der Waals surface area contributed by atoms with Crippen molar-refractivity contribution in [2.45, 2.75) is 16.5 Å². The Bertz CT molecular complexity index is 835. The Morgan fingerprint density at radius 2 is 1.84 bits per heavy atom. The van der Waals surface area contributed by atoms with E-state index in [9.17, 15) is 4.79 Å². The number of methoxy groups -OCH3 is 1. The lowest BCUT2D eigenvalue weighted by Crippen LogP contribution is -2.19. The van der Waals surface area contributed by atoms with Crippen LogP contribution in [0, 0.1) is 6.92 Å². The molecule has 1 heterocycles. The third-order valence-corrected chi connectivity index (χ3v) is 5.60. The molecule has 1 amide bonds. The molecule has 0 aliphatic heterocycles. The Morgan fingerprint density at radius 3 is 2.44 bits per heavy atom. The Morgan fingerprint density at radius 1 is 1.12 bits per heavy atom. The van der Waals surface area contributed by atoms with Crippen LogP contribution in [0.1, 0.15) is 15.8 Å². The molecule has 1 unspecified atom stereocenters. The molecule has 1 N–H and O–H groups in total. The third-order valence-electron chi connectivity index (χ3n) is 3.42. The minimum atomic E-state index is -0.407. The SMILES string of the molecule is COc1ccc(NC(=O)C(Sc2nnc(C)s2)c2ccccc2)cc1. The summed E-state index contributed by atoms with van der Waals surface area (Å²) in [5.74, 6) is 0.644. The summed E-state index contributed by atoms with van der Waals surface area (Å²) >= 11 is 2.89. The first kappa shape index (κ1) is 17.4. The molecule has 0 radical (unpaired) electrons. The zero-order valence-corrected chi connectivity index (χ0v) is 15.4. The topological polar surface area (TPSA) is 64.1 Å². The summed E-state index contributed by atoms with van der Waals surface area (Å²) in [5, 5.41) is 11.6. The zero-order chi connectivity index (χ0) is 17.6. The summed E-state index contributed by atoms with van der Waals surface area (Å²) in [6, 6.07) is 16.9. The number of hydrogen-bond acceptors (Lipinski definition) is 6. The number of aromatic nitrogens is 2. The van der Waals surface area contributed by atoms with Gasteiger partial charge in [0.05, 0.1) is 7.11 Å². The number of thioether (sulfide) groups is 1. The lowest BCUT2D eigenvalue weighted by molar-refractivity contribution is -0.115. The third kappa shape index (κ3) is 4.58. The fraction of sp³-hybridized carbons (Fsp3) is 0.167. The molecule has 128 valence electrons. The van der Waals surface area contributed by atoms with E-state index in [1.54, 1.807) is 7.11 Å². The van der Waals surface area contributed by atoms with Gasteiger partial charge in [0, 0.05) is 5.69 Å². The molecule has 0 aliphatic carbocycles. The molecule has 5 nitrogen and oxygen atoms in total. The van der Waals surface area contributed by atoms with Crippen LogP contribution in [0.3, 0.4) is 0 Å². The molecule has 3 rings (SSSR count). The number of amides is 1. The monoisotopic (exact) mass is 371 g/mol. The van der Waals surface area contributed by atoms with E-state index in [0.717, 1.165) is 26.3 Å². The average molecular weight is 371 g/mol. The summed E-state index contributed by atoms with van der Waals surface area (Å²) in [6.45, 7) is 1.90. The molecule has 0 aliphatic rings. The van der Waals surface area contributed by atoms with Crippen LogP contribution in [0.4, 0.5) is 5.69 Å². The molecular formula is C18H17N3O2S2. The molecule has 2 aromatic carbocycles. The highest BCUT2D eigenvalue weighted by molar-refractivity contribution is 8.01. The number of rotatable bonds is 6. The summed E-state index contributed by atoms with van der Waals surface area (Å²) < 4.78 is 5.92. The van der Waals surface area contributed by atoms with Gasteiger partial charge < -0.3 is 10.1 Å². The first-order valence-electron chi connectivity index (χ1n) is 7.62. The van der Waals surface area contributed by atoms with Gasteiger partial charge in [-0.25, -0.2) is 0 Å². The normalized spacial score (nSPS) is 11.8. The maximum absolute atomic E-state index is 12.9. The summed E-state index contributed by atoms with van der Waals surface area (Å²) in [4.78, 5) is 12.9. The largest absolute Gasteiger partial charge is 0.497 e. The van der Waals surface area contributed by atoms with Gasteiger partial charge >= 0.3 is 0 Å². The van der Waals surface area contributed by atoms with Crippen molar-refractivity contribution < 1.29 is 9.53 Å². The van der Waals surface area contributed by atoms with Crippen LogP contribution in [0.5, 0.6) is 5.75 Å². The smallest absolute Gasteiger partial charge is 0.242 e. The first-order chi connectivity index (χ1) is 12.2. The number of carbonyl (C=O) groups excluding carboxylic acids is 1. The number of aryl methyl sites for hydroxylation is 1. The highest BCUT2D eigenvalue weighted by Crippen LogP contribution is 2.37. The van der Waals surface area contributed by atoms with Gasteiger partial charge in [-0.1, -0.05) is 53.4 Å². The minimum absolute atomic E-state index is 0.103. The molecule has 0 fully saturated rings. The molecule has 25 heavy (non-hydrogen) atoms. The molecule has 1 aromatic heterocycles. The van der Waals surface area contributed by atoms with Crippen molar-refractivity contribution in [2.24, 2.45) is 0 Å². The van der Waals surface area contributed by atoms with Crippen LogP contribution in [0.15, 0.2) is 58.9 Å². The lowest BCUT2D eigenvalue weighted by Gasteiger charge is -2.15. The van der Waals surface area contributed by atoms with E-state index in [1.165, 1.54) is 23.1 Å². The predicted octanol–water partition coefficient (Wildman–Crippen LogP) is 4.33. The first-order valence-corrected chi connectivity index (χ1v) is 9.32. The Hall–Kier alpha value is -2.38. The maximum atomic E-state index is 12.9. The quantitative estimate of drug-likeness (QED) is 0.654. The maximum Gasteiger partial charge on any atom is 0.242 e. The highest BCUT2D eigenvalue weighted by atomic mass is 32.2. The molecular weight excluding hydrogens is 354 g/mol. The van der Waals surface area contributed by atoms with E-state index in [-0.39, 0.29) is 5.91 Å². The minimum Gasteiger partial charge on any atom is -0.497 e. The Kier molecular flexibility index (Phi) is 5.67. The van der Waals surface area contributed by atoms with Crippen molar-refractivity contribution in [3.05, 3.63) is 65.2 Å². The van der Waals surface area contributed by atoms with Crippen LogP contribution in [0.2, 0.25) is 0 Å². The van der Waals surface area contributed by atoms with Gasteiger partial charge in [-0.05, 0) is 36.8 Å². The number of carbonyl (C=O) groups is 1. The lowest BCUT2D eigenvalue weighted by atomic mass is 10.1. The van der Waals surface area contributed by atoms with Crippen LogP contribution in [-0.2, 0) is 4.79 Å². The van der Waals surface area contributed by atoms with E-state index < -0.39 is 5.25 Å². The number of ether oxygens (including phenoxy) is 1. The van der Waals surface area contributed by atoms with E-state index in [1.807, 2.05) is 61.5 Å². The Labute approximate surface area is 154 Å². The second kappa shape index (κ2) is 8.13. The number of hydrogen-bond donors (Lipinski definition) is 1. The average Bonchev–Trinajstić information content (AvgIpc) is 3.06. The molecule has 0 saturated heterocycles. The van der Waals surface area contributed by atoms with Gasteiger partial charge in [-0.15, -0.1) is 10.2 Å². The number of benzene rings is 2. The Balaban J connectivity index is 1.81. The molecule has 1 atom stereocenters. The summed E-state index contributed by atoms with van der Waals surface area (Å²) in [7, 11) is 1.61. The van der Waals surface area contributed by atoms with Crippen LogP contribution in [-0.4, -0.2) is 23.2 Å². The summed E-state index contributed by atoms with van der Waals surface area (Å²) in [5.41, 5.74) is 1.65. The van der Waals surface area contributed by atoms with E-state index >= 15 is 0 Å². The van der Waals surface area contributed by atoms with Gasteiger partial charge in [0.2, 0.25) is 5.91 Å². The van der Waals surface area contributed by atoms with Crippen molar-refractivity contribution in [3.63, 3.8) is 0 Å². The van der Waals surface area contributed by atoms with Crippen LogP contribution in [0.25, 0.3) is 0 Å². The second-order valence-electron chi connectivity index (χ2n) is 5.21. The molecule has 0 bridgehead atoms. The van der Waals surface area contributed by atoms with Crippen LogP contribution >= 0.6 is 23.1 Å². The highest BCUT2D eigenvalue weighted by Gasteiger charge is 2.23. The van der Waals surface area contributed by atoms with Gasteiger partial charge in [0.15, 0.2) is 4.34 Å². The van der Waals surface area contributed by atoms with Crippen molar-refractivity contribution in [2.75, 3.05) is 12.4 Å². The van der Waals surface area contributed by atoms with Crippen molar-refractivity contribution >= 4 is 34.7 Å². The van der Waals surface area contributed by atoms with E-state index in [4.69, 9.17) is 4.74 Å². The predicted molar refractivity (Wildman–Crippen MR) is 101 cm³/mol. The molecule has 7 heteroatoms. The molecule has 0 spiro atoms. The molecule has 0 saturated carbocycles. The number of nitrogens with one attached hydrogen (secondary N) is 1. The standard InChI is InChI=1S/C18H17N3O2S2/c1-12-20-21-18(24-12)25-16(13-6-4-3-5-7-13)17(22)19-14-8-10-15(23-2)11-9-14/h3-11,16H,1-2H3,(H,19,22). The van der Waals surface area contributed by atoms with Gasteiger partial charge in [-0.2, -0.15) is 0 Å². The van der Waals surface area contributed by atoms with Crippen LogP contribution < -0.4 is 10.1 Å². The van der Waals surface area contributed by atoms with E-state index in [0.29, 0.717) is 0 Å². The van der Waals surface area contributed by atoms with E-state index in [2.05, 4.69) is 15.5 Å². The molecule has 3 aromatic rings. The van der Waals surface area contributed by atoms with Crippen molar-refractivity contribution in [1.29, 1.82) is 0 Å². The second-order valence-corrected chi connectivity index (χ2v) is 7.75. The summed E-state index contributed by atoms with van der Waals surface area (Å²) in [6.07, 6.45) is 0. The van der Waals surface area contributed by atoms with Gasteiger partial charge in [0.1, 0.15) is 16.0 Å². The zero-order valence-electron chi connectivity index (χ0n) is 13.8. The van der Waals surface area contributed by atoms with Gasteiger partial charge in [-0.3, -0.25) is 4.79 Å².